The monoisotopic (exact) mass is 475 g/mol. The van der Waals surface area contributed by atoms with Crippen molar-refractivity contribution in [2.24, 2.45) is 4.99 Å². The van der Waals surface area contributed by atoms with Crippen molar-refractivity contribution in [3.63, 3.8) is 0 Å². The molecule has 0 radical (unpaired) electrons. The molecule has 5 nitrogen and oxygen atoms in total. The second-order valence-electron chi connectivity index (χ2n) is 6.22. The molecule has 0 spiro atoms. The van der Waals surface area contributed by atoms with Gasteiger partial charge in [0, 0.05) is 26.3 Å². The van der Waals surface area contributed by atoms with Crippen LogP contribution in [-0.4, -0.2) is 29.3 Å². The van der Waals surface area contributed by atoms with Gasteiger partial charge in [0.2, 0.25) is 0 Å². The molecule has 0 aliphatic heterocycles. The van der Waals surface area contributed by atoms with Crippen LogP contribution in [0.1, 0.15) is 16.7 Å². The zero-order valence-electron chi connectivity index (χ0n) is 15.7. The molecule has 0 aliphatic carbocycles. The highest BCUT2D eigenvalue weighted by Crippen LogP contribution is 2.08. The maximum Gasteiger partial charge on any atom is 0.191 e. The standard InChI is InChI=1S/C21H25N5.HI/c1-17-7-6-8-18(13-17)14-24-21(22-2)23-12-11-19-15-25-26(16-19)20-9-4-3-5-10-20;/h3-10,13,15-16H,11-12,14H2,1-2H3,(H2,22,23,24);1H. The summed E-state index contributed by atoms with van der Waals surface area (Å²) in [4.78, 5) is 4.28. The van der Waals surface area contributed by atoms with Crippen LogP contribution in [0.4, 0.5) is 0 Å². The second-order valence-corrected chi connectivity index (χ2v) is 6.22. The molecule has 0 saturated heterocycles. The van der Waals surface area contributed by atoms with Gasteiger partial charge in [0.1, 0.15) is 0 Å². The molecule has 1 aromatic heterocycles. The molecule has 1 heterocycles. The van der Waals surface area contributed by atoms with E-state index >= 15 is 0 Å². The highest BCUT2D eigenvalue weighted by Gasteiger charge is 2.02. The molecule has 3 aromatic rings. The van der Waals surface area contributed by atoms with Crippen LogP contribution in [0.25, 0.3) is 5.69 Å². The van der Waals surface area contributed by atoms with Crippen molar-refractivity contribution in [2.45, 2.75) is 19.9 Å². The summed E-state index contributed by atoms with van der Waals surface area (Å²) in [5.74, 6) is 0.807. The number of para-hydroxylation sites is 1. The number of nitrogens with zero attached hydrogens (tertiary/aromatic N) is 3. The number of aryl methyl sites for hydroxylation is 1. The van der Waals surface area contributed by atoms with E-state index < -0.39 is 0 Å². The lowest BCUT2D eigenvalue weighted by Gasteiger charge is -2.11. The van der Waals surface area contributed by atoms with Crippen LogP contribution < -0.4 is 10.6 Å². The number of hydrogen-bond acceptors (Lipinski definition) is 2. The van der Waals surface area contributed by atoms with Crippen molar-refractivity contribution in [2.75, 3.05) is 13.6 Å². The molecular formula is C21H26IN5. The molecule has 2 aromatic carbocycles. The van der Waals surface area contributed by atoms with Gasteiger partial charge in [-0.05, 0) is 36.6 Å². The molecule has 0 fully saturated rings. The van der Waals surface area contributed by atoms with Gasteiger partial charge in [-0.3, -0.25) is 4.99 Å². The summed E-state index contributed by atoms with van der Waals surface area (Å²) in [7, 11) is 1.79. The number of nitrogens with one attached hydrogen (secondary N) is 2. The van der Waals surface area contributed by atoms with Gasteiger partial charge in [0.05, 0.1) is 11.9 Å². The average Bonchev–Trinajstić information content (AvgIpc) is 3.14. The van der Waals surface area contributed by atoms with Gasteiger partial charge in [0.15, 0.2) is 5.96 Å². The largest absolute Gasteiger partial charge is 0.356 e. The second kappa shape index (κ2) is 10.7. The van der Waals surface area contributed by atoms with Gasteiger partial charge in [0.25, 0.3) is 0 Å². The summed E-state index contributed by atoms with van der Waals surface area (Å²) in [5.41, 5.74) is 4.78. The molecule has 0 bridgehead atoms. The maximum absolute atomic E-state index is 4.43. The summed E-state index contributed by atoms with van der Waals surface area (Å²) in [6.07, 6.45) is 4.87. The van der Waals surface area contributed by atoms with Crippen molar-refractivity contribution in [1.29, 1.82) is 0 Å². The molecule has 0 saturated carbocycles. The third-order valence-corrected chi connectivity index (χ3v) is 4.13. The number of guanidine groups is 1. The van der Waals surface area contributed by atoms with Crippen LogP contribution in [0.15, 0.2) is 72.0 Å². The number of rotatable bonds is 6. The van der Waals surface area contributed by atoms with Gasteiger partial charge in [-0.1, -0.05) is 48.0 Å². The fourth-order valence-corrected chi connectivity index (χ4v) is 2.76. The van der Waals surface area contributed by atoms with Crippen LogP contribution in [0.5, 0.6) is 0 Å². The molecule has 0 unspecified atom stereocenters. The van der Waals surface area contributed by atoms with Crippen molar-refractivity contribution in [3.05, 3.63) is 83.7 Å². The van der Waals surface area contributed by atoms with Gasteiger partial charge in [-0.15, -0.1) is 24.0 Å². The molecule has 0 aliphatic rings. The molecule has 0 amide bonds. The first kappa shape index (κ1) is 21.0. The SMILES string of the molecule is CN=C(NCCc1cnn(-c2ccccc2)c1)NCc1cccc(C)c1.I. The lowest BCUT2D eigenvalue weighted by molar-refractivity contribution is 0.794. The Hall–Kier alpha value is -2.35. The Kier molecular flexibility index (Phi) is 8.32. The Bertz CT molecular complexity index is 858. The van der Waals surface area contributed by atoms with E-state index in [1.165, 1.54) is 16.7 Å². The minimum atomic E-state index is 0. The molecule has 6 heteroatoms. The molecule has 142 valence electrons. The van der Waals surface area contributed by atoms with Gasteiger partial charge >= 0.3 is 0 Å². The van der Waals surface area contributed by atoms with Crippen molar-refractivity contribution < 1.29 is 0 Å². The highest BCUT2D eigenvalue weighted by molar-refractivity contribution is 14.0. The Balaban J connectivity index is 0.00000261. The smallest absolute Gasteiger partial charge is 0.191 e. The molecule has 27 heavy (non-hydrogen) atoms. The van der Waals surface area contributed by atoms with Crippen molar-refractivity contribution in [3.8, 4) is 5.69 Å². The average molecular weight is 475 g/mol. The van der Waals surface area contributed by atoms with E-state index in [1.807, 2.05) is 41.2 Å². The number of hydrogen-bond donors (Lipinski definition) is 2. The van der Waals surface area contributed by atoms with Crippen LogP contribution in [0.2, 0.25) is 0 Å². The summed E-state index contributed by atoms with van der Waals surface area (Å²) in [5, 5.41) is 11.1. The maximum atomic E-state index is 4.43. The molecular weight excluding hydrogens is 449 g/mol. The molecule has 0 atom stereocenters. The first-order valence-corrected chi connectivity index (χ1v) is 8.83. The fraction of sp³-hybridized carbons (Fsp3) is 0.238. The van der Waals surface area contributed by atoms with E-state index in [1.54, 1.807) is 7.05 Å². The Labute approximate surface area is 177 Å². The van der Waals surface area contributed by atoms with E-state index in [0.29, 0.717) is 0 Å². The quantitative estimate of drug-likeness (QED) is 0.325. The van der Waals surface area contributed by atoms with Crippen LogP contribution in [-0.2, 0) is 13.0 Å². The normalized spacial score (nSPS) is 11.0. The predicted octanol–water partition coefficient (Wildman–Crippen LogP) is 3.71. The van der Waals surface area contributed by atoms with Crippen LogP contribution in [0, 0.1) is 6.92 Å². The van der Waals surface area contributed by atoms with E-state index in [2.05, 4.69) is 58.1 Å². The first-order valence-electron chi connectivity index (χ1n) is 8.83. The van der Waals surface area contributed by atoms with Crippen LogP contribution in [0.3, 0.4) is 0 Å². The summed E-state index contributed by atoms with van der Waals surface area (Å²) < 4.78 is 1.90. The van der Waals surface area contributed by atoms with Gasteiger partial charge < -0.3 is 10.6 Å². The molecule has 3 rings (SSSR count). The van der Waals surface area contributed by atoms with Crippen LogP contribution >= 0.6 is 24.0 Å². The number of aromatic nitrogens is 2. The van der Waals surface area contributed by atoms with Crippen molar-refractivity contribution >= 4 is 29.9 Å². The Morgan fingerprint density at radius 3 is 2.59 bits per heavy atom. The summed E-state index contributed by atoms with van der Waals surface area (Å²) in [6, 6.07) is 18.6. The fourth-order valence-electron chi connectivity index (χ4n) is 2.76. The molecule has 2 N–H and O–H groups in total. The van der Waals surface area contributed by atoms with E-state index in [9.17, 15) is 0 Å². The zero-order valence-corrected chi connectivity index (χ0v) is 18.1. The minimum Gasteiger partial charge on any atom is -0.356 e. The van der Waals surface area contributed by atoms with Crippen molar-refractivity contribution in [1.82, 2.24) is 20.4 Å². The lowest BCUT2D eigenvalue weighted by atomic mass is 10.1. The number of benzene rings is 2. The minimum absolute atomic E-state index is 0. The summed E-state index contributed by atoms with van der Waals surface area (Å²) in [6.45, 7) is 3.66. The first-order chi connectivity index (χ1) is 12.7. The highest BCUT2D eigenvalue weighted by atomic mass is 127. The van der Waals surface area contributed by atoms with E-state index in [-0.39, 0.29) is 24.0 Å². The lowest BCUT2D eigenvalue weighted by Crippen LogP contribution is -2.37. The van der Waals surface area contributed by atoms with Gasteiger partial charge in [-0.2, -0.15) is 5.10 Å². The zero-order chi connectivity index (χ0) is 18.2. The summed E-state index contributed by atoms with van der Waals surface area (Å²) >= 11 is 0. The Morgan fingerprint density at radius 1 is 1.04 bits per heavy atom. The van der Waals surface area contributed by atoms with E-state index in [4.69, 9.17) is 0 Å². The topological polar surface area (TPSA) is 54.2 Å². The third kappa shape index (κ3) is 6.39. The number of aliphatic imine (C=N–C) groups is 1. The predicted molar refractivity (Wildman–Crippen MR) is 122 cm³/mol. The van der Waals surface area contributed by atoms with E-state index in [0.717, 1.165) is 31.2 Å². The third-order valence-electron chi connectivity index (χ3n) is 4.13. The number of halogens is 1. The van der Waals surface area contributed by atoms with Gasteiger partial charge in [-0.25, -0.2) is 4.68 Å². The Morgan fingerprint density at radius 2 is 1.85 bits per heavy atom.